The standard InChI is InChI=1S/C26H32N2/c1-6-20-7-8-21(18(4)24-11-9-22(27)13-16(24)2)15-26(20)19(5)25-12-10-23(28)14-17(25)3/h7-15,18-19H,6,27-28H2,1-5H3. The lowest BCUT2D eigenvalue weighted by Crippen LogP contribution is -2.06. The lowest BCUT2D eigenvalue weighted by Gasteiger charge is -2.22. The minimum atomic E-state index is 0.324. The van der Waals surface area contributed by atoms with Crippen LogP contribution >= 0.6 is 0 Å². The van der Waals surface area contributed by atoms with E-state index in [4.69, 9.17) is 11.5 Å². The van der Waals surface area contributed by atoms with Crippen LogP contribution in [0.1, 0.15) is 71.6 Å². The summed E-state index contributed by atoms with van der Waals surface area (Å²) in [6.07, 6.45) is 1.03. The molecular weight excluding hydrogens is 340 g/mol. The van der Waals surface area contributed by atoms with E-state index in [9.17, 15) is 0 Å². The van der Waals surface area contributed by atoms with E-state index in [0.29, 0.717) is 11.8 Å². The largest absolute Gasteiger partial charge is 0.399 e. The van der Waals surface area contributed by atoms with Gasteiger partial charge in [-0.05, 0) is 83.5 Å². The highest BCUT2D eigenvalue weighted by Crippen LogP contribution is 2.35. The second-order valence-corrected chi connectivity index (χ2v) is 7.99. The first-order chi connectivity index (χ1) is 13.3. The summed E-state index contributed by atoms with van der Waals surface area (Å²) >= 11 is 0. The van der Waals surface area contributed by atoms with Crippen LogP contribution in [0.4, 0.5) is 11.4 Å². The van der Waals surface area contributed by atoms with Crippen LogP contribution in [-0.4, -0.2) is 0 Å². The molecule has 0 radical (unpaired) electrons. The third-order valence-electron chi connectivity index (χ3n) is 6.04. The third kappa shape index (κ3) is 3.91. The van der Waals surface area contributed by atoms with Crippen LogP contribution in [0.5, 0.6) is 0 Å². The molecule has 0 heterocycles. The Morgan fingerprint density at radius 3 is 1.71 bits per heavy atom. The van der Waals surface area contributed by atoms with Crippen LogP contribution < -0.4 is 11.5 Å². The van der Waals surface area contributed by atoms with Crippen molar-refractivity contribution in [3.63, 3.8) is 0 Å². The first-order valence-corrected chi connectivity index (χ1v) is 10.2. The lowest BCUT2D eigenvalue weighted by molar-refractivity contribution is 0.858. The van der Waals surface area contributed by atoms with Gasteiger partial charge >= 0.3 is 0 Å². The average Bonchev–Trinajstić information content (AvgIpc) is 2.66. The molecule has 0 spiro atoms. The second kappa shape index (κ2) is 8.10. The molecule has 0 aliphatic rings. The van der Waals surface area contributed by atoms with Crippen LogP contribution in [0.15, 0.2) is 54.6 Å². The molecule has 0 amide bonds. The minimum absolute atomic E-state index is 0.324. The van der Waals surface area contributed by atoms with Crippen molar-refractivity contribution < 1.29 is 0 Å². The highest BCUT2D eigenvalue weighted by atomic mass is 14.5. The van der Waals surface area contributed by atoms with Crippen molar-refractivity contribution in [3.8, 4) is 0 Å². The molecular formula is C26H32N2. The molecule has 0 aliphatic carbocycles. The van der Waals surface area contributed by atoms with Gasteiger partial charge in [0, 0.05) is 23.2 Å². The number of hydrogen-bond acceptors (Lipinski definition) is 2. The van der Waals surface area contributed by atoms with Crippen molar-refractivity contribution in [2.75, 3.05) is 11.5 Å². The smallest absolute Gasteiger partial charge is 0.0316 e. The molecule has 0 aliphatic heterocycles. The van der Waals surface area contributed by atoms with Crippen LogP contribution in [-0.2, 0) is 6.42 Å². The fraction of sp³-hybridized carbons (Fsp3) is 0.308. The topological polar surface area (TPSA) is 52.0 Å². The number of nitrogens with two attached hydrogens (primary N) is 2. The fourth-order valence-electron chi connectivity index (χ4n) is 4.32. The number of aryl methyl sites for hydroxylation is 3. The van der Waals surface area contributed by atoms with Crippen molar-refractivity contribution in [3.05, 3.63) is 93.5 Å². The Morgan fingerprint density at radius 2 is 1.21 bits per heavy atom. The molecule has 0 aromatic heterocycles. The Hall–Kier alpha value is -2.74. The molecule has 2 atom stereocenters. The number of nitrogen functional groups attached to an aromatic ring is 2. The van der Waals surface area contributed by atoms with Crippen molar-refractivity contribution in [1.82, 2.24) is 0 Å². The Balaban J connectivity index is 2.04. The molecule has 0 fully saturated rings. The Labute approximate surface area is 169 Å². The van der Waals surface area contributed by atoms with Gasteiger partial charge in [0.2, 0.25) is 0 Å². The van der Waals surface area contributed by atoms with Crippen molar-refractivity contribution in [2.45, 2.75) is 52.9 Å². The van der Waals surface area contributed by atoms with Gasteiger partial charge in [-0.15, -0.1) is 0 Å². The zero-order valence-corrected chi connectivity index (χ0v) is 17.7. The van der Waals surface area contributed by atoms with Gasteiger partial charge in [0.25, 0.3) is 0 Å². The highest BCUT2D eigenvalue weighted by Gasteiger charge is 2.18. The Morgan fingerprint density at radius 1 is 0.679 bits per heavy atom. The SMILES string of the molecule is CCc1ccc(C(C)c2ccc(N)cc2C)cc1C(C)c1ccc(N)cc1C. The summed E-state index contributed by atoms with van der Waals surface area (Å²) in [6.45, 7) is 11.1. The van der Waals surface area contributed by atoms with Gasteiger partial charge in [-0.2, -0.15) is 0 Å². The van der Waals surface area contributed by atoms with E-state index in [1.54, 1.807) is 0 Å². The monoisotopic (exact) mass is 372 g/mol. The average molecular weight is 373 g/mol. The van der Waals surface area contributed by atoms with Crippen molar-refractivity contribution in [2.24, 2.45) is 0 Å². The van der Waals surface area contributed by atoms with E-state index in [0.717, 1.165) is 17.8 Å². The maximum Gasteiger partial charge on any atom is 0.0316 e. The summed E-state index contributed by atoms with van der Waals surface area (Å²) in [6, 6.07) is 19.5. The predicted octanol–water partition coefficient (Wildman–Crippen LogP) is 6.33. The highest BCUT2D eigenvalue weighted by molar-refractivity contribution is 5.51. The summed E-state index contributed by atoms with van der Waals surface area (Å²) in [5.41, 5.74) is 22.9. The molecule has 4 N–H and O–H groups in total. The number of anilines is 2. The molecule has 3 rings (SSSR count). The predicted molar refractivity (Wildman–Crippen MR) is 122 cm³/mol. The van der Waals surface area contributed by atoms with Crippen LogP contribution in [0, 0.1) is 13.8 Å². The maximum absolute atomic E-state index is 5.97. The van der Waals surface area contributed by atoms with Gasteiger partial charge in [-0.25, -0.2) is 0 Å². The molecule has 2 nitrogen and oxygen atoms in total. The molecule has 0 saturated carbocycles. The fourth-order valence-corrected chi connectivity index (χ4v) is 4.32. The molecule has 2 unspecified atom stereocenters. The normalized spacial score (nSPS) is 13.3. The molecule has 146 valence electrons. The summed E-state index contributed by atoms with van der Waals surface area (Å²) in [4.78, 5) is 0. The number of hydrogen-bond donors (Lipinski definition) is 2. The first kappa shape index (κ1) is 20.0. The second-order valence-electron chi connectivity index (χ2n) is 7.99. The van der Waals surface area contributed by atoms with Crippen LogP contribution in [0.3, 0.4) is 0 Å². The maximum atomic E-state index is 5.97. The van der Waals surface area contributed by atoms with Gasteiger partial charge < -0.3 is 11.5 Å². The molecule has 3 aromatic carbocycles. The van der Waals surface area contributed by atoms with E-state index in [-0.39, 0.29) is 0 Å². The quantitative estimate of drug-likeness (QED) is 0.514. The van der Waals surface area contributed by atoms with E-state index in [1.165, 1.54) is 38.9 Å². The first-order valence-electron chi connectivity index (χ1n) is 10.2. The summed E-state index contributed by atoms with van der Waals surface area (Å²) in [7, 11) is 0. The third-order valence-corrected chi connectivity index (χ3v) is 6.04. The summed E-state index contributed by atoms with van der Waals surface area (Å²) < 4.78 is 0. The minimum Gasteiger partial charge on any atom is -0.399 e. The van der Waals surface area contributed by atoms with Gasteiger partial charge in [-0.3, -0.25) is 0 Å². The van der Waals surface area contributed by atoms with Gasteiger partial charge in [0.15, 0.2) is 0 Å². The number of rotatable bonds is 5. The van der Waals surface area contributed by atoms with E-state index >= 15 is 0 Å². The van der Waals surface area contributed by atoms with Crippen molar-refractivity contribution in [1.29, 1.82) is 0 Å². The zero-order chi connectivity index (χ0) is 20.4. The summed E-state index contributed by atoms with van der Waals surface area (Å²) in [5, 5.41) is 0. The van der Waals surface area contributed by atoms with Crippen molar-refractivity contribution >= 4 is 11.4 Å². The molecule has 2 heteroatoms. The van der Waals surface area contributed by atoms with E-state index in [1.807, 2.05) is 12.1 Å². The summed E-state index contributed by atoms with van der Waals surface area (Å²) in [5.74, 6) is 0.653. The molecule has 0 saturated heterocycles. The van der Waals surface area contributed by atoms with Crippen LogP contribution in [0.2, 0.25) is 0 Å². The van der Waals surface area contributed by atoms with Crippen LogP contribution in [0.25, 0.3) is 0 Å². The van der Waals surface area contributed by atoms with E-state index in [2.05, 4.69) is 77.1 Å². The van der Waals surface area contributed by atoms with Gasteiger partial charge in [-0.1, -0.05) is 51.1 Å². The Bertz CT molecular complexity index is 988. The molecule has 3 aromatic rings. The lowest BCUT2D eigenvalue weighted by atomic mass is 9.82. The molecule has 28 heavy (non-hydrogen) atoms. The van der Waals surface area contributed by atoms with Gasteiger partial charge in [0.05, 0.1) is 0 Å². The Kier molecular flexibility index (Phi) is 5.79. The number of benzene rings is 3. The van der Waals surface area contributed by atoms with E-state index < -0.39 is 0 Å². The van der Waals surface area contributed by atoms with Gasteiger partial charge in [0.1, 0.15) is 0 Å². The molecule has 0 bridgehead atoms. The zero-order valence-electron chi connectivity index (χ0n) is 17.7.